The fourth-order valence-electron chi connectivity index (χ4n) is 1.61. The lowest BCUT2D eigenvalue weighted by atomic mass is 10.2. The molecule has 0 atom stereocenters. The number of aromatic hydroxyl groups is 1. The van der Waals surface area contributed by atoms with Crippen LogP contribution < -0.4 is 0 Å². The van der Waals surface area contributed by atoms with Crippen molar-refractivity contribution in [3.63, 3.8) is 0 Å². The maximum absolute atomic E-state index is 12.8. The Morgan fingerprint density at radius 2 is 2.11 bits per heavy atom. The largest absolute Gasteiger partial charge is 0.493 e. The van der Waals surface area contributed by atoms with Crippen LogP contribution in [0.15, 0.2) is 30.5 Å². The second-order valence-corrected chi connectivity index (χ2v) is 3.89. The summed E-state index contributed by atoms with van der Waals surface area (Å²) in [6.45, 7) is 2.14. The number of nitrogens with zero attached hydrogens (tertiary/aromatic N) is 2. The second-order valence-electron chi connectivity index (χ2n) is 3.89. The molecule has 0 amide bonds. The molecule has 1 aromatic heterocycles. The highest BCUT2D eigenvalue weighted by Crippen LogP contribution is 2.18. The number of esters is 1. The Balaban J connectivity index is 2.18. The van der Waals surface area contributed by atoms with Crippen LogP contribution in [0.2, 0.25) is 0 Å². The van der Waals surface area contributed by atoms with Crippen LogP contribution in [0.1, 0.15) is 22.8 Å². The lowest BCUT2D eigenvalue weighted by Crippen LogP contribution is -2.05. The van der Waals surface area contributed by atoms with E-state index in [1.807, 2.05) is 0 Å². The zero-order valence-electron chi connectivity index (χ0n) is 10.3. The molecule has 1 heterocycles. The molecule has 0 aliphatic heterocycles. The van der Waals surface area contributed by atoms with Crippen molar-refractivity contribution in [1.82, 2.24) is 9.78 Å². The van der Waals surface area contributed by atoms with Gasteiger partial charge in [0.25, 0.3) is 0 Å². The molecule has 5 nitrogen and oxygen atoms in total. The number of aromatic nitrogens is 2. The number of carbonyl (C=O) groups is 1. The van der Waals surface area contributed by atoms with E-state index in [-0.39, 0.29) is 30.4 Å². The van der Waals surface area contributed by atoms with Crippen molar-refractivity contribution in [3.05, 3.63) is 47.4 Å². The fourth-order valence-corrected chi connectivity index (χ4v) is 1.61. The van der Waals surface area contributed by atoms with Gasteiger partial charge in [0, 0.05) is 0 Å². The van der Waals surface area contributed by atoms with Crippen LogP contribution in [0.4, 0.5) is 4.39 Å². The number of hydrogen-bond acceptors (Lipinski definition) is 4. The molecule has 0 aliphatic carbocycles. The SMILES string of the molecule is CCOC(=O)c1cnn(Cc2ccc(F)cc2)c1O. The van der Waals surface area contributed by atoms with Gasteiger partial charge in [-0.3, -0.25) is 0 Å². The molecule has 19 heavy (non-hydrogen) atoms. The van der Waals surface area contributed by atoms with E-state index in [2.05, 4.69) is 5.10 Å². The van der Waals surface area contributed by atoms with Crippen LogP contribution in [0, 0.1) is 5.82 Å². The summed E-state index contributed by atoms with van der Waals surface area (Å²) in [4.78, 5) is 11.5. The van der Waals surface area contributed by atoms with Crippen molar-refractivity contribution >= 4 is 5.97 Å². The van der Waals surface area contributed by atoms with Gasteiger partial charge >= 0.3 is 5.97 Å². The van der Waals surface area contributed by atoms with Crippen molar-refractivity contribution in [2.75, 3.05) is 6.61 Å². The molecule has 100 valence electrons. The lowest BCUT2D eigenvalue weighted by Gasteiger charge is -2.04. The van der Waals surface area contributed by atoms with E-state index < -0.39 is 5.97 Å². The van der Waals surface area contributed by atoms with Gasteiger partial charge in [-0.25, -0.2) is 13.9 Å². The quantitative estimate of drug-likeness (QED) is 0.857. The predicted octanol–water partition coefficient (Wildman–Crippen LogP) is 1.95. The molecule has 6 heteroatoms. The Morgan fingerprint density at radius 3 is 2.74 bits per heavy atom. The molecule has 0 saturated carbocycles. The van der Waals surface area contributed by atoms with Crippen LogP contribution in [0.5, 0.6) is 5.88 Å². The van der Waals surface area contributed by atoms with Gasteiger partial charge in [0.2, 0.25) is 5.88 Å². The minimum absolute atomic E-state index is 0.0176. The number of carbonyl (C=O) groups excluding carboxylic acids is 1. The van der Waals surface area contributed by atoms with Gasteiger partial charge in [0.15, 0.2) is 0 Å². The van der Waals surface area contributed by atoms with Crippen molar-refractivity contribution in [3.8, 4) is 5.88 Å². The van der Waals surface area contributed by atoms with E-state index >= 15 is 0 Å². The van der Waals surface area contributed by atoms with Gasteiger partial charge in [-0.15, -0.1) is 0 Å². The van der Waals surface area contributed by atoms with Gasteiger partial charge in [-0.1, -0.05) is 12.1 Å². The van der Waals surface area contributed by atoms with E-state index in [4.69, 9.17) is 4.74 Å². The topological polar surface area (TPSA) is 64.3 Å². The summed E-state index contributed by atoms with van der Waals surface area (Å²) in [5, 5.41) is 13.8. The normalized spacial score (nSPS) is 10.4. The van der Waals surface area contributed by atoms with Crippen LogP contribution >= 0.6 is 0 Å². The molecule has 0 aliphatic rings. The average Bonchev–Trinajstić information content (AvgIpc) is 2.74. The minimum atomic E-state index is -0.620. The molecule has 0 radical (unpaired) electrons. The maximum Gasteiger partial charge on any atom is 0.345 e. The fraction of sp³-hybridized carbons (Fsp3) is 0.231. The smallest absolute Gasteiger partial charge is 0.345 e. The highest BCUT2D eigenvalue weighted by molar-refractivity contribution is 5.91. The van der Waals surface area contributed by atoms with Crippen LogP contribution in [0.3, 0.4) is 0 Å². The summed E-state index contributed by atoms with van der Waals surface area (Å²) in [7, 11) is 0. The van der Waals surface area contributed by atoms with Gasteiger partial charge in [0.1, 0.15) is 11.4 Å². The average molecular weight is 264 g/mol. The monoisotopic (exact) mass is 264 g/mol. The summed E-state index contributed by atoms with van der Waals surface area (Å²) >= 11 is 0. The molecular formula is C13H13FN2O3. The Bertz CT molecular complexity index is 578. The van der Waals surface area contributed by atoms with Crippen molar-refractivity contribution < 1.29 is 19.0 Å². The molecular weight excluding hydrogens is 251 g/mol. The summed E-state index contributed by atoms with van der Waals surface area (Å²) in [5.74, 6) is -1.21. The summed E-state index contributed by atoms with van der Waals surface area (Å²) in [6, 6.07) is 5.81. The summed E-state index contributed by atoms with van der Waals surface area (Å²) in [6.07, 6.45) is 1.25. The third-order valence-corrected chi connectivity index (χ3v) is 2.55. The molecule has 0 unspecified atom stereocenters. The van der Waals surface area contributed by atoms with E-state index in [9.17, 15) is 14.3 Å². The first kappa shape index (κ1) is 13.1. The maximum atomic E-state index is 12.8. The molecule has 1 N–H and O–H groups in total. The molecule has 0 spiro atoms. The first-order chi connectivity index (χ1) is 9.11. The van der Waals surface area contributed by atoms with Crippen LogP contribution in [-0.2, 0) is 11.3 Å². The second kappa shape index (κ2) is 5.51. The van der Waals surface area contributed by atoms with Gasteiger partial charge in [0.05, 0.1) is 19.3 Å². The van der Waals surface area contributed by atoms with E-state index in [0.29, 0.717) is 0 Å². The molecule has 0 saturated heterocycles. The Morgan fingerprint density at radius 1 is 1.42 bits per heavy atom. The zero-order chi connectivity index (χ0) is 13.8. The van der Waals surface area contributed by atoms with Gasteiger partial charge in [-0.05, 0) is 24.6 Å². The third kappa shape index (κ3) is 2.90. The van der Waals surface area contributed by atoms with Crippen molar-refractivity contribution in [2.45, 2.75) is 13.5 Å². The Hall–Kier alpha value is -2.37. The molecule has 2 rings (SSSR count). The third-order valence-electron chi connectivity index (χ3n) is 2.55. The molecule has 0 bridgehead atoms. The summed E-state index contributed by atoms with van der Waals surface area (Å²) < 4.78 is 18.8. The first-order valence-electron chi connectivity index (χ1n) is 5.78. The lowest BCUT2D eigenvalue weighted by molar-refractivity contribution is 0.0522. The molecule has 2 aromatic rings. The van der Waals surface area contributed by atoms with Crippen LogP contribution in [0.25, 0.3) is 0 Å². The van der Waals surface area contributed by atoms with E-state index in [0.717, 1.165) is 5.56 Å². The zero-order valence-corrected chi connectivity index (χ0v) is 10.3. The molecule has 0 fully saturated rings. The molecule has 1 aromatic carbocycles. The number of ether oxygens (including phenoxy) is 1. The van der Waals surface area contributed by atoms with Gasteiger partial charge in [-0.2, -0.15) is 5.10 Å². The highest BCUT2D eigenvalue weighted by Gasteiger charge is 2.17. The predicted molar refractivity (Wildman–Crippen MR) is 65.4 cm³/mol. The first-order valence-corrected chi connectivity index (χ1v) is 5.78. The standard InChI is InChI=1S/C13H13FN2O3/c1-2-19-13(18)11-7-15-16(12(11)17)8-9-3-5-10(14)6-4-9/h3-7,17H,2,8H2,1H3. The number of hydrogen-bond donors (Lipinski definition) is 1. The Kier molecular flexibility index (Phi) is 3.79. The minimum Gasteiger partial charge on any atom is -0.493 e. The van der Waals surface area contributed by atoms with Crippen LogP contribution in [-0.4, -0.2) is 27.5 Å². The van der Waals surface area contributed by atoms with Gasteiger partial charge < -0.3 is 9.84 Å². The number of benzene rings is 1. The van der Waals surface area contributed by atoms with E-state index in [1.165, 1.54) is 23.0 Å². The summed E-state index contributed by atoms with van der Waals surface area (Å²) in [5.41, 5.74) is 0.777. The van der Waals surface area contributed by atoms with Crippen molar-refractivity contribution in [1.29, 1.82) is 0 Å². The number of halogens is 1. The van der Waals surface area contributed by atoms with E-state index in [1.54, 1.807) is 19.1 Å². The van der Waals surface area contributed by atoms with Crippen molar-refractivity contribution in [2.24, 2.45) is 0 Å². The Labute approximate surface area is 109 Å². The highest BCUT2D eigenvalue weighted by atomic mass is 19.1. The number of rotatable bonds is 4.